The van der Waals surface area contributed by atoms with Crippen LogP contribution in [0.2, 0.25) is 0 Å². The van der Waals surface area contributed by atoms with Crippen molar-refractivity contribution in [3.63, 3.8) is 0 Å². The predicted octanol–water partition coefficient (Wildman–Crippen LogP) is 3.69. The molecule has 1 aromatic heterocycles. The minimum Gasteiger partial charge on any atom is -0.399 e. The lowest BCUT2D eigenvalue weighted by molar-refractivity contribution is -0.137. The van der Waals surface area contributed by atoms with E-state index < -0.39 is 11.7 Å². The Morgan fingerprint density at radius 3 is 2.67 bits per heavy atom. The van der Waals surface area contributed by atoms with Crippen LogP contribution in [0.5, 0.6) is 0 Å². The summed E-state index contributed by atoms with van der Waals surface area (Å²) in [5.74, 6) is 0. The number of fused-ring (bicyclic) bond motifs is 1. The first kappa shape index (κ1) is 13.5. The van der Waals surface area contributed by atoms with Gasteiger partial charge in [-0.1, -0.05) is 12.1 Å². The summed E-state index contributed by atoms with van der Waals surface area (Å²) in [5, 5.41) is 5.10. The molecule has 0 amide bonds. The Bertz CT molecular complexity index is 790. The van der Waals surface area contributed by atoms with E-state index in [0.717, 1.165) is 23.0 Å². The van der Waals surface area contributed by atoms with E-state index in [0.29, 0.717) is 11.3 Å². The standard InChI is InChI=1S/C15H12F3N3/c16-15(17,18)12-3-1-2-10(6-12)9-21-14-7-13(19)5-4-11(14)8-20-21/h1-8H,9,19H2. The average molecular weight is 291 g/mol. The maximum atomic E-state index is 12.7. The lowest BCUT2D eigenvalue weighted by Crippen LogP contribution is -2.07. The maximum absolute atomic E-state index is 12.7. The van der Waals surface area contributed by atoms with Crippen LogP contribution in [0.4, 0.5) is 18.9 Å². The van der Waals surface area contributed by atoms with Gasteiger partial charge in [0.25, 0.3) is 0 Å². The lowest BCUT2D eigenvalue weighted by atomic mass is 10.1. The third-order valence-corrected chi connectivity index (χ3v) is 3.26. The van der Waals surface area contributed by atoms with Crippen LogP contribution in [-0.2, 0) is 12.7 Å². The van der Waals surface area contributed by atoms with Crippen molar-refractivity contribution in [3.05, 3.63) is 59.8 Å². The normalized spacial score (nSPS) is 12.0. The van der Waals surface area contributed by atoms with Crippen LogP contribution >= 0.6 is 0 Å². The minimum atomic E-state index is -4.34. The van der Waals surface area contributed by atoms with Crippen molar-refractivity contribution in [2.45, 2.75) is 12.7 Å². The Kier molecular flexibility index (Phi) is 3.08. The second-order valence-electron chi connectivity index (χ2n) is 4.82. The van der Waals surface area contributed by atoms with Gasteiger partial charge in [-0.05, 0) is 35.9 Å². The van der Waals surface area contributed by atoms with Crippen molar-refractivity contribution >= 4 is 16.6 Å². The molecule has 0 radical (unpaired) electrons. The number of alkyl halides is 3. The Hall–Kier alpha value is -2.50. The smallest absolute Gasteiger partial charge is 0.399 e. The van der Waals surface area contributed by atoms with Gasteiger partial charge in [-0.25, -0.2) is 0 Å². The number of nitrogens with two attached hydrogens (primary N) is 1. The summed E-state index contributed by atoms with van der Waals surface area (Å²) >= 11 is 0. The minimum absolute atomic E-state index is 0.261. The second-order valence-corrected chi connectivity index (χ2v) is 4.82. The summed E-state index contributed by atoms with van der Waals surface area (Å²) in [6.45, 7) is 0.261. The first-order valence-corrected chi connectivity index (χ1v) is 6.31. The molecule has 108 valence electrons. The zero-order valence-electron chi connectivity index (χ0n) is 10.9. The van der Waals surface area contributed by atoms with Gasteiger partial charge in [0.1, 0.15) is 0 Å². The van der Waals surface area contributed by atoms with Gasteiger partial charge in [0.05, 0.1) is 23.8 Å². The van der Waals surface area contributed by atoms with Gasteiger partial charge in [-0.2, -0.15) is 18.3 Å². The number of nitrogen functional groups attached to an aromatic ring is 1. The van der Waals surface area contributed by atoms with E-state index in [1.54, 1.807) is 29.1 Å². The SMILES string of the molecule is Nc1ccc2cnn(Cc3cccc(C(F)(F)F)c3)c2c1. The van der Waals surface area contributed by atoms with E-state index in [-0.39, 0.29) is 6.54 Å². The molecule has 0 atom stereocenters. The second kappa shape index (κ2) is 4.80. The van der Waals surface area contributed by atoms with Crippen LogP contribution in [-0.4, -0.2) is 9.78 Å². The Morgan fingerprint density at radius 2 is 1.90 bits per heavy atom. The summed E-state index contributed by atoms with van der Waals surface area (Å²) in [4.78, 5) is 0. The summed E-state index contributed by atoms with van der Waals surface area (Å²) in [7, 11) is 0. The molecule has 2 N–H and O–H groups in total. The number of halogens is 3. The van der Waals surface area contributed by atoms with Crippen molar-refractivity contribution in [2.24, 2.45) is 0 Å². The van der Waals surface area contributed by atoms with Crippen LogP contribution in [0.1, 0.15) is 11.1 Å². The van der Waals surface area contributed by atoms with Gasteiger partial charge in [-0.3, -0.25) is 4.68 Å². The summed E-state index contributed by atoms with van der Waals surface area (Å²) in [6.07, 6.45) is -2.67. The monoisotopic (exact) mass is 291 g/mol. The van der Waals surface area contributed by atoms with E-state index in [9.17, 15) is 13.2 Å². The molecule has 2 aromatic carbocycles. The fraction of sp³-hybridized carbons (Fsp3) is 0.133. The summed E-state index contributed by atoms with van der Waals surface area (Å²) < 4.78 is 39.8. The number of aromatic nitrogens is 2. The van der Waals surface area contributed by atoms with E-state index in [2.05, 4.69) is 5.10 Å². The average Bonchev–Trinajstić information content (AvgIpc) is 2.81. The molecule has 0 unspecified atom stereocenters. The van der Waals surface area contributed by atoms with Crippen molar-refractivity contribution in [2.75, 3.05) is 5.73 Å². The zero-order chi connectivity index (χ0) is 15.0. The van der Waals surface area contributed by atoms with E-state index in [4.69, 9.17) is 5.73 Å². The highest BCUT2D eigenvalue weighted by Crippen LogP contribution is 2.29. The summed E-state index contributed by atoms with van der Waals surface area (Å²) in [6, 6.07) is 10.6. The molecule has 0 spiro atoms. The third kappa shape index (κ3) is 2.69. The molecule has 0 bridgehead atoms. The van der Waals surface area contributed by atoms with Crippen molar-refractivity contribution in [1.82, 2.24) is 9.78 Å². The largest absolute Gasteiger partial charge is 0.416 e. The van der Waals surface area contributed by atoms with Crippen LogP contribution in [0, 0.1) is 0 Å². The van der Waals surface area contributed by atoms with Crippen LogP contribution in [0.25, 0.3) is 10.9 Å². The lowest BCUT2D eigenvalue weighted by Gasteiger charge is -2.09. The highest BCUT2D eigenvalue weighted by molar-refractivity contribution is 5.81. The van der Waals surface area contributed by atoms with Crippen molar-refractivity contribution in [3.8, 4) is 0 Å². The number of rotatable bonds is 2. The topological polar surface area (TPSA) is 43.8 Å². The van der Waals surface area contributed by atoms with Gasteiger partial charge in [-0.15, -0.1) is 0 Å². The number of nitrogens with zero attached hydrogens (tertiary/aromatic N) is 2. The predicted molar refractivity (Wildman–Crippen MR) is 74.7 cm³/mol. The fourth-order valence-corrected chi connectivity index (χ4v) is 2.23. The van der Waals surface area contributed by atoms with Crippen molar-refractivity contribution < 1.29 is 13.2 Å². The molecule has 3 rings (SSSR count). The molecule has 6 heteroatoms. The molecule has 0 saturated heterocycles. The number of hydrogen-bond donors (Lipinski definition) is 1. The van der Waals surface area contributed by atoms with E-state index >= 15 is 0 Å². The summed E-state index contributed by atoms with van der Waals surface area (Å²) in [5.41, 5.74) is 7.01. The van der Waals surface area contributed by atoms with Gasteiger partial charge < -0.3 is 5.73 Å². The third-order valence-electron chi connectivity index (χ3n) is 3.26. The molecule has 0 aliphatic carbocycles. The Labute approximate surface area is 118 Å². The van der Waals surface area contributed by atoms with Crippen LogP contribution < -0.4 is 5.73 Å². The van der Waals surface area contributed by atoms with Gasteiger partial charge in [0.2, 0.25) is 0 Å². The number of hydrogen-bond acceptors (Lipinski definition) is 2. The molecular formula is C15H12F3N3. The quantitative estimate of drug-likeness (QED) is 0.732. The van der Waals surface area contributed by atoms with Crippen LogP contribution in [0.3, 0.4) is 0 Å². The van der Waals surface area contributed by atoms with Gasteiger partial charge >= 0.3 is 6.18 Å². The number of anilines is 1. The molecule has 0 aliphatic rings. The molecule has 3 nitrogen and oxygen atoms in total. The fourth-order valence-electron chi connectivity index (χ4n) is 2.23. The zero-order valence-corrected chi connectivity index (χ0v) is 10.9. The molecule has 21 heavy (non-hydrogen) atoms. The maximum Gasteiger partial charge on any atom is 0.416 e. The molecule has 0 saturated carbocycles. The Balaban J connectivity index is 1.97. The molecule has 1 heterocycles. The Morgan fingerprint density at radius 1 is 1.10 bits per heavy atom. The first-order chi connectivity index (χ1) is 9.93. The van der Waals surface area contributed by atoms with Gasteiger partial charge in [0.15, 0.2) is 0 Å². The molecule has 0 aliphatic heterocycles. The highest BCUT2D eigenvalue weighted by atomic mass is 19.4. The van der Waals surface area contributed by atoms with Crippen molar-refractivity contribution in [1.29, 1.82) is 0 Å². The van der Waals surface area contributed by atoms with E-state index in [1.807, 2.05) is 6.07 Å². The molecular weight excluding hydrogens is 279 g/mol. The van der Waals surface area contributed by atoms with Gasteiger partial charge in [0, 0.05) is 11.1 Å². The highest BCUT2D eigenvalue weighted by Gasteiger charge is 2.30. The number of benzene rings is 2. The molecule has 0 fully saturated rings. The van der Waals surface area contributed by atoms with E-state index in [1.165, 1.54) is 6.07 Å². The first-order valence-electron chi connectivity index (χ1n) is 6.31. The molecule has 3 aromatic rings. The van der Waals surface area contributed by atoms with Crippen LogP contribution in [0.15, 0.2) is 48.7 Å².